The molecule has 2 fully saturated rings. The second kappa shape index (κ2) is 7.10. The van der Waals surface area contributed by atoms with Crippen LogP contribution in [0.2, 0.25) is 0 Å². The molecule has 1 aliphatic heterocycles. The van der Waals surface area contributed by atoms with E-state index in [0.717, 1.165) is 44.7 Å². The summed E-state index contributed by atoms with van der Waals surface area (Å²) in [5, 5.41) is 15.1. The van der Waals surface area contributed by atoms with Gasteiger partial charge in [-0.15, -0.1) is 0 Å². The van der Waals surface area contributed by atoms with Crippen LogP contribution in [0.15, 0.2) is 0 Å². The third kappa shape index (κ3) is 3.45. The van der Waals surface area contributed by atoms with Crippen molar-refractivity contribution in [3.8, 4) is 0 Å². The van der Waals surface area contributed by atoms with Gasteiger partial charge in [0, 0.05) is 13.2 Å². The maximum absolute atomic E-state index is 12.1. The Kier molecular flexibility index (Phi) is 5.45. The number of carbonyl (C=O) groups is 1. The summed E-state index contributed by atoms with van der Waals surface area (Å²) in [6.45, 7) is 2.08. The fourth-order valence-electron chi connectivity index (χ4n) is 3.39. The topological polar surface area (TPSA) is 61.4 Å². The van der Waals surface area contributed by atoms with Gasteiger partial charge in [-0.2, -0.15) is 0 Å². The summed E-state index contributed by atoms with van der Waals surface area (Å²) in [6.07, 6.45) is 7.84. The smallest absolute Gasteiger partial charge is 0.237 e. The van der Waals surface area contributed by atoms with E-state index in [0.29, 0.717) is 5.92 Å². The lowest BCUT2D eigenvalue weighted by atomic mass is 9.93. The van der Waals surface area contributed by atoms with Crippen molar-refractivity contribution in [2.75, 3.05) is 19.7 Å². The van der Waals surface area contributed by atoms with Gasteiger partial charge in [0.05, 0.1) is 6.04 Å². The first-order valence-corrected chi connectivity index (χ1v) is 7.45. The van der Waals surface area contributed by atoms with Gasteiger partial charge < -0.3 is 15.7 Å². The van der Waals surface area contributed by atoms with Gasteiger partial charge in [0.15, 0.2) is 0 Å². The molecule has 3 unspecified atom stereocenters. The second-order valence-corrected chi connectivity index (χ2v) is 5.67. The minimum atomic E-state index is 0.0648. The monoisotopic (exact) mass is 254 g/mol. The Morgan fingerprint density at radius 3 is 2.89 bits per heavy atom. The summed E-state index contributed by atoms with van der Waals surface area (Å²) >= 11 is 0. The highest BCUT2D eigenvalue weighted by molar-refractivity contribution is 5.82. The van der Waals surface area contributed by atoms with Crippen LogP contribution >= 0.6 is 0 Å². The Bertz CT molecular complexity index is 271. The molecule has 0 aromatic rings. The van der Waals surface area contributed by atoms with E-state index in [1.165, 1.54) is 19.3 Å². The molecule has 0 aromatic heterocycles. The predicted octanol–water partition coefficient (Wildman–Crippen LogP) is 1.04. The predicted molar refractivity (Wildman–Crippen MR) is 71.2 cm³/mol. The van der Waals surface area contributed by atoms with Crippen LogP contribution in [-0.2, 0) is 4.79 Å². The van der Waals surface area contributed by atoms with E-state index in [9.17, 15) is 4.79 Å². The maximum Gasteiger partial charge on any atom is 0.237 e. The molecule has 18 heavy (non-hydrogen) atoms. The van der Waals surface area contributed by atoms with Crippen molar-refractivity contribution in [2.45, 2.75) is 51.0 Å². The molecule has 1 saturated carbocycles. The molecule has 0 bridgehead atoms. The lowest BCUT2D eigenvalue weighted by molar-refractivity contribution is -0.123. The van der Waals surface area contributed by atoms with Gasteiger partial charge in [0.1, 0.15) is 0 Å². The van der Waals surface area contributed by atoms with Gasteiger partial charge in [0.2, 0.25) is 5.91 Å². The Hall–Kier alpha value is -0.610. The summed E-state index contributed by atoms with van der Waals surface area (Å²) in [7, 11) is 0. The first-order valence-electron chi connectivity index (χ1n) is 7.45. The van der Waals surface area contributed by atoms with Crippen LogP contribution in [0.1, 0.15) is 44.9 Å². The minimum absolute atomic E-state index is 0.0648. The average molecular weight is 254 g/mol. The zero-order chi connectivity index (χ0) is 12.8. The summed E-state index contributed by atoms with van der Waals surface area (Å²) < 4.78 is 0. The normalized spacial score (nSPS) is 30.4. The van der Waals surface area contributed by atoms with Crippen LogP contribution in [0.3, 0.4) is 0 Å². The van der Waals surface area contributed by atoms with E-state index in [1.807, 2.05) is 0 Å². The van der Waals surface area contributed by atoms with E-state index in [1.54, 1.807) is 0 Å². The number of fused-ring (bicyclic) bond motifs is 1. The molecular formula is C14H26N2O2. The van der Waals surface area contributed by atoms with Crippen LogP contribution in [0.5, 0.6) is 0 Å². The van der Waals surface area contributed by atoms with E-state index in [4.69, 9.17) is 5.11 Å². The van der Waals surface area contributed by atoms with Gasteiger partial charge in [0.25, 0.3) is 0 Å². The molecule has 3 atom stereocenters. The van der Waals surface area contributed by atoms with Gasteiger partial charge in [-0.25, -0.2) is 0 Å². The van der Waals surface area contributed by atoms with Crippen LogP contribution < -0.4 is 10.6 Å². The molecule has 3 N–H and O–H groups in total. The number of carbonyl (C=O) groups excluding carboxylic acids is 1. The highest BCUT2D eigenvalue weighted by atomic mass is 16.2. The molecule has 0 radical (unpaired) electrons. The zero-order valence-corrected chi connectivity index (χ0v) is 11.2. The van der Waals surface area contributed by atoms with Gasteiger partial charge >= 0.3 is 0 Å². The molecule has 4 nitrogen and oxygen atoms in total. The Morgan fingerprint density at radius 2 is 2.06 bits per heavy atom. The molecule has 1 aliphatic carbocycles. The Morgan fingerprint density at radius 1 is 1.22 bits per heavy atom. The molecule has 104 valence electrons. The first kappa shape index (κ1) is 13.8. The molecule has 0 spiro atoms. The second-order valence-electron chi connectivity index (χ2n) is 5.67. The third-order valence-corrected chi connectivity index (χ3v) is 4.41. The van der Waals surface area contributed by atoms with Crippen LogP contribution in [-0.4, -0.2) is 36.8 Å². The number of nitrogens with one attached hydrogen (secondary N) is 2. The number of rotatable bonds is 7. The van der Waals surface area contributed by atoms with Crippen molar-refractivity contribution in [3.63, 3.8) is 0 Å². The van der Waals surface area contributed by atoms with Gasteiger partial charge in [-0.3, -0.25) is 4.79 Å². The maximum atomic E-state index is 12.1. The van der Waals surface area contributed by atoms with Crippen LogP contribution in [0, 0.1) is 11.8 Å². The lowest BCUT2D eigenvalue weighted by Crippen LogP contribution is -2.44. The van der Waals surface area contributed by atoms with E-state index in [2.05, 4.69) is 10.6 Å². The van der Waals surface area contributed by atoms with Gasteiger partial charge in [-0.1, -0.05) is 19.3 Å². The van der Waals surface area contributed by atoms with Crippen molar-refractivity contribution >= 4 is 5.91 Å². The van der Waals surface area contributed by atoms with Crippen molar-refractivity contribution in [3.05, 3.63) is 0 Å². The molecule has 2 rings (SSSR count). The number of hydrogen-bond acceptors (Lipinski definition) is 3. The van der Waals surface area contributed by atoms with Crippen LogP contribution in [0.4, 0.5) is 0 Å². The first-order chi connectivity index (χ1) is 8.83. The summed E-state index contributed by atoms with van der Waals surface area (Å²) in [5.74, 6) is 1.52. The Balaban J connectivity index is 1.60. The number of aliphatic hydroxyl groups is 1. The quantitative estimate of drug-likeness (QED) is 0.595. The minimum Gasteiger partial charge on any atom is -0.396 e. The largest absolute Gasteiger partial charge is 0.396 e. The third-order valence-electron chi connectivity index (χ3n) is 4.41. The van der Waals surface area contributed by atoms with Crippen LogP contribution in [0.25, 0.3) is 0 Å². The van der Waals surface area contributed by atoms with Crippen molar-refractivity contribution in [1.82, 2.24) is 10.6 Å². The molecule has 1 saturated heterocycles. The van der Waals surface area contributed by atoms with Gasteiger partial charge in [-0.05, 0) is 44.1 Å². The number of hydrogen-bond donors (Lipinski definition) is 3. The summed E-state index contributed by atoms with van der Waals surface area (Å²) in [5.41, 5.74) is 0. The molecule has 2 aliphatic rings. The van der Waals surface area contributed by atoms with E-state index >= 15 is 0 Å². The van der Waals surface area contributed by atoms with Crippen molar-refractivity contribution < 1.29 is 9.90 Å². The van der Waals surface area contributed by atoms with E-state index in [-0.39, 0.29) is 18.6 Å². The fourth-order valence-corrected chi connectivity index (χ4v) is 3.39. The fraction of sp³-hybridized carbons (Fsp3) is 0.929. The standard InChI is InChI=1S/C14H26N2O2/c17-9-4-2-1-3-8-15-14(18)13-12-7-5-6-11(12)10-16-13/h11-13,16-17H,1-10H2,(H,15,18). The van der Waals surface area contributed by atoms with Crippen molar-refractivity contribution in [1.29, 1.82) is 0 Å². The number of unbranched alkanes of at least 4 members (excludes halogenated alkanes) is 3. The average Bonchev–Trinajstić information content (AvgIpc) is 2.95. The highest BCUT2D eigenvalue weighted by Crippen LogP contribution is 2.37. The summed E-state index contributed by atoms with van der Waals surface area (Å²) in [6, 6.07) is 0.0648. The molecule has 1 heterocycles. The number of aliphatic hydroxyl groups excluding tert-OH is 1. The van der Waals surface area contributed by atoms with Crippen molar-refractivity contribution in [2.24, 2.45) is 11.8 Å². The van der Waals surface area contributed by atoms with E-state index < -0.39 is 0 Å². The molecular weight excluding hydrogens is 228 g/mol. The lowest BCUT2D eigenvalue weighted by Gasteiger charge is -2.17. The highest BCUT2D eigenvalue weighted by Gasteiger charge is 2.42. The molecule has 1 amide bonds. The molecule has 0 aromatic carbocycles. The zero-order valence-electron chi connectivity index (χ0n) is 11.2. The number of amides is 1. The Labute approximate surface area is 110 Å². The summed E-state index contributed by atoms with van der Waals surface area (Å²) in [4.78, 5) is 12.1. The molecule has 4 heteroatoms. The SMILES string of the molecule is O=C(NCCCCCCO)C1NCC2CCCC21.